The Morgan fingerprint density at radius 3 is 2.55 bits per heavy atom. The monoisotopic (exact) mass is 394 g/mol. The van der Waals surface area contributed by atoms with Gasteiger partial charge >= 0.3 is 0 Å². The van der Waals surface area contributed by atoms with Gasteiger partial charge in [0.1, 0.15) is 5.75 Å². The van der Waals surface area contributed by atoms with Crippen LogP contribution in [0.1, 0.15) is 15.9 Å². The van der Waals surface area contributed by atoms with Gasteiger partial charge in [-0.2, -0.15) is 0 Å². The zero-order valence-corrected chi connectivity index (χ0v) is 13.9. The Morgan fingerprint density at radius 2 is 1.85 bits per heavy atom. The Balaban J connectivity index is 2.25. The van der Waals surface area contributed by atoms with Crippen molar-refractivity contribution in [2.45, 2.75) is 0 Å². The summed E-state index contributed by atoms with van der Waals surface area (Å²) >= 11 is 6.76. The molecule has 0 aliphatic carbocycles. The summed E-state index contributed by atoms with van der Waals surface area (Å²) in [5.41, 5.74) is 1.50. The van der Waals surface area contributed by atoms with Gasteiger partial charge in [-0.05, 0) is 42.5 Å². The van der Waals surface area contributed by atoms with E-state index in [1.54, 1.807) is 31.4 Å². The molecule has 0 unspecified atom stereocenters. The molecule has 0 atom stereocenters. The zero-order chi connectivity index (χ0) is 14.5. The van der Waals surface area contributed by atoms with Crippen LogP contribution in [0.5, 0.6) is 5.75 Å². The Hall–Kier alpha value is -1.39. The molecule has 2 rings (SSSR count). The minimum atomic E-state index is -0.0478. The van der Waals surface area contributed by atoms with Crippen LogP contribution >= 0.6 is 31.9 Å². The molecule has 0 radical (unpaired) electrons. The molecule has 4 heteroatoms. The molecule has 20 heavy (non-hydrogen) atoms. The van der Waals surface area contributed by atoms with Crippen molar-refractivity contribution in [3.8, 4) is 5.75 Å². The molecule has 0 aliphatic heterocycles. The zero-order valence-electron chi connectivity index (χ0n) is 10.8. The van der Waals surface area contributed by atoms with E-state index in [-0.39, 0.29) is 5.78 Å². The molecular formula is C16H12Br2O2. The maximum Gasteiger partial charge on any atom is 0.185 e. The molecule has 0 saturated heterocycles. The van der Waals surface area contributed by atoms with Crippen LogP contribution in [0.4, 0.5) is 0 Å². The third-order valence-electron chi connectivity index (χ3n) is 2.72. The third kappa shape index (κ3) is 3.81. The molecule has 0 heterocycles. The van der Waals surface area contributed by atoms with Crippen molar-refractivity contribution in [2.75, 3.05) is 7.11 Å². The number of hydrogen-bond donors (Lipinski definition) is 0. The van der Waals surface area contributed by atoms with Gasteiger partial charge in [0.05, 0.1) is 7.11 Å². The Morgan fingerprint density at radius 1 is 1.10 bits per heavy atom. The fourth-order valence-corrected chi connectivity index (χ4v) is 2.52. The number of carbonyl (C=O) groups is 1. The highest BCUT2D eigenvalue weighted by Crippen LogP contribution is 2.24. The van der Waals surface area contributed by atoms with Gasteiger partial charge in [0.2, 0.25) is 0 Å². The van der Waals surface area contributed by atoms with Gasteiger partial charge in [0, 0.05) is 20.1 Å². The van der Waals surface area contributed by atoms with Gasteiger partial charge in [-0.3, -0.25) is 4.79 Å². The van der Waals surface area contributed by atoms with Gasteiger partial charge in [0.15, 0.2) is 5.78 Å². The van der Waals surface area contributed by atoms with E-state index in [4.69, 9.17) is 4.74 Å². The second kappa shape index (κ2) is 6.86. The van der Waals surface area contributed by atoms with E-state index in [0.717, 1.165) is 20.3 Å². The number of ketones is 1. The third-order valence-corrected chi connectivity index (χ3v) is 3.70. The Bertz CT molecular complexity index is 663. The second-order valence-electron chi connectivity index (χ2n) is 4.09. The molecule has 0 fully saturated rings. The van der Waals surface area contributed by atoms with Gasteiger partial charge < -0.3 is 4.74 Å². The van der Waals surface area contributed by atoms with E-state index in [1.165, 1.54) is 0 Å². The first-order chi connectivity index (χ1) is 9.60. The van der Waals surface area contributed by atoms with Gasteiger partial charge in [-0.1, -0.05) is 44.0 Å². The summed E-state index contributed by atoms with van der Waals surface area (Å²) in [7, 11) is 1.61. The average Bonchev–Trinajstić information content (AvgIpc) is 2.45. The lowest BCUT2D eigenvalue weighted by Gasteiger charge is -2.04. The van der Waals surface area contributed by atoms with Crippen LogP contribution < -0.4 is 4.74 Å². The maximum absolute atomic E-state index is 12.1. The highest BCUT2D eigenvalue weighted by atomic mass is 79.9. The largest absolute Gasteiger partial charge is 0.496 e. The van der Waals surface area contributed by atoms with Crippen molar-refractivity contribution in [3.05, 3.63) is 68.6 Å². The number of methoxy groups -OCH3 is 1. The summed E-state index contributed by atoms with van der Waals surface area (Å²) in [6, 6.07) is 13.0. The van der Waals surface area contributed by atoms with E-state index in [2.05, 4.69) is 31.9 Å². The number of benzene rings is 2. The molecule has 0 N–H and O–H groups in total. The first-order valence-corrected chi connectivity index (χ1v) is 7.50. The number of allylic oxidation sites excluding steroid dienone is 1. The maximum atomic E-state index is 12.1. The molecule has 2 aromatic rings. The van der Waals surface area contributed by atoms with Crippen LogP contribution in [-0.2, 0) is 0 Å². The number of hydrogen-bond acceptors (Lipinski definition) is 2. The van der Waals surface area contributed by atoms with Crippen molar-refractivity contribution in [3.63, 3.8) is 0 Å². The summed E-state index contributed by atoms with van der Waals surface area (Å²) in [4.78, 5) is 12.1. The van der Waals surface area contributed by atoms with E-state index < -0.39 is 0 Å². The highest BCUT2D eigenvalue weighted by Gasteiger charge is 2.04. The highest BCUT2D eigenvalue weighted by molar-refractivity contribution is 9.10. The summed E-state index contributed by atoms with van der Waals surface area (Å²) in [6.07, 6.45) is 3.30. The standard InChI is InChI=1S/C16H12Br2O2/c1-20-16-8-6-14(18)10-12(16)5-7-15(19)11-3-2-4-13(17)9-11/h2-10H,1H3. The molecule has 2 nitrogen and oxygen atoms in total. The molecule has 0 aromatic heterocycles. The normalized spacial score (nSPS) is 10.8. The van der Waals surface area contributed by atoms with Crippen molar-refractivity contribution in [2.24, 2.45) is 0 Å². The van der Waals surface area contributed by atoms with E-state index in [1.807, 2.05) is 30.3 Å². The lowest BCUT2D eigenvalue weighted by atomic mass is 10.1. The second-order valence-corrected chi connectivity index (χ2v) is 5.93. The molecule has 0 saturated carbocycles. The van der Waals surface area contributed by atoms with E-state index in [0.29, 0.717) is 5.56 Å². The summed E-state index contributed by atoms with van der Waals surface area (Å²) < 4.78 is 7.09. The van der Waals surface area contributed by atoms with Crippen molar-refractivity contribution < 1.29 is 9.53 Å². The van der Waals surface area contributed by atoms with Gasteiger partial charge in [-0.25, -0.2) is 0 Å². The lowest BCUT2D eigenvalue weighted by Crippen LogP contribution is -1.94. The van der Waals surface area contributed by atoms with Crippen LogP contribution in [0.25, 0.3) is 6.08 Å². The number of ether oxygens (including phenoxy) is 1. The van der Waals surface area contributed by atoms with Crippen LogP contribution in [0.15, 0.2) is 57.5 Å². The number of carbonyl (C=O) groups excluding carboxylic acids is 1. The van der Waals surface area contributed by atoms with Crippen molar-refractivity contribution in [1.29, 1.82) is 0 Å². The molecule has 0 bridgehead atoms. The first kappa shape index (κ1) is 15.0. The van der Waals surface area contributed by atoms with Crippen LogP contribution in [0.2, 0.25) is 0 Å². The van der Waals surface area contributed by atoms with Crippen LogP contribution in [-0.4, -0.2) is 12.9 Å². The van der Waals surface area contributed by atoms with Crippen molar-refractivity contribution in [1.82, 2.24) is 0 Å². The number of halogens is 2. The average molecular weight is 396 g/mol. The molecule has 2 aromatic carbocycles. The summed E-state index contributed by atoms with van der Waals surface area (Å²) in [5, 5.41) is 0. The lowest BCUT2D eigenvalue weighted by molar-refractivity contribution is 0.104. The molecular weight excluding hydrogens is 384 g/mol. The van der Waals surface area contributed by atoms with Gasteiger partial charge in [-0.15, -0.1) is 0 Å². The molecule has 0 spiro atoms. The SMILES string of the molecule is COc1ccc(Br)cc1C=CC(=O)c1cccc(Br)c1. The van der Waals surface area contributed by atoms with Crippen molar-refractivity contribution >= 4 is 43.7 Å². The Labute approximate surface area is 134 Å². The predicted molar refractivity (Wildman–Crippen MR) is 88.2 cm³/mol. The van der Waals surface area contributed by atoms with Crippen LogP contribution in [0.3, 0.4) is 0 Å². The van der Waals surface area contributed by atoms with Crippen LogP contribution in [0, 0.1) is 0 Å². The summed E-state index contributed by atoms with van der Waals surface area (Å²) in [6.45, 7) is 0. The topological polar surface area (TPSA) is 26.3 Å². The predicted octanol–water partition coefficient (Wildman–Crippen LogP) is 5.12. The minimum absolute atomic E-state index is 0.0478. The smallest absolute Gasteiger partial charge is 0.185 e. The number of rotatable bonds is 4. The summed E-state index contributed by atoms with van der Waals surface area (Å²) in [5.74, 6) is 0.680. The van der Waals surface area contributed by atoms with E-state index in [9.17, 15) is 4.79 Å². The first-order valence-electron chi connectivity index (χ1n) is 5.91. The quantitative estimate of drug-likeness (QED) is 0.530. The van der Waals surface area contributed by atoms with E-state index >= 15 is 0 Å². The van der Waals surface area contributed by atoms with Gasteiger partial charge in [0.25, 0.3) is 0 Å². The molecule has 0 amide bonds. The fourth-order valence-electron chi connectivity index (χ4n) is 1.74. The fraction of sp³-hybridized carbons (Fsp3) is 0.0625. The molecule has 102 valence electrons. The minimum Gasteiger partial charge on any atom is -0.496 e. The Kier molecular flexibility index (Phi) is 5.15. The molecule has 0 aliphatic rings.